The summed E-state index contributed by atoms with van der Waals surface area (Å²) >= 11 is 0. The third-order valence-electron chi connectivity index (χ3n) is 5.25. The normalized spacial score (nSPS) is 14.9. The number of primary amides is 1. The maximum Gasteiger partial charge on any atom is 0.324 e. The fraction of sp³-hybridized carbons (Fsp3) is 0.368. The number of carbonyl (C=O) groups is 2. The van der Waals surface area contributed by atoms with Gasteiger partial charge in [-0.25, -0.2) is 9.78 Å². The number of rotatable bonds is 4. The maximum atomic E-state index is 12.6. The van der Waals surface area contributed by atoms with E-state index in [9.17, 15) is 9.59 Å². The maximum absolute atomic E-state index is 12.6. The van der Waals surface area contributed by atoms with Crippen LogP contribution >= 0.6 is 0 Å². The topological polar surface area (TPSA) is 131 Å². The van der Waals surface area contributed by atoms with E-state index >= 15 is 0 Å². The van der Waals surface area contributed by atoms with Crippen LogP contribution in [0.5, 0.6) is 5.75 Å². The molecule has 1 aliphatic rings. The Morgan fingerprint density at radius 2 is 2.07 bits per heavy atom. The number of hydrogen-bond donors (Lipinski definition) is 3. The summed E-state index contributed by atoms with van der Waals surface area (Å²) < 4.78 is 7.15. The van der Waals surface area contributed by atoms with E-state index < -0.39 is 0 Å². The molecule has 0 unspecified atom stereocenters. The number of hydrogen-bond acceptors (Lipinski definition) is 5. The van der Waals surface area contributed by atoms with Crippen LogP contribution in [-0.4, -0.2) is 56.8 Å². The predicted octanol–water partition coefficient (Wildman–Crippen LogP) is 1.70. The largest absolute Gasteiger partial charge is 0.494 e. The zero-order valence-electron chi connectivity index (χ0n) is 16.3. The molecule has 4 rings (SSSR count). The van der Waals surface area contributed by atoms with Gasteiger partial charge >= 0.3 is 6.03 Å². The minimum atomic E-state index is -0.308. The predicted molar refractivity (Wildman–Crippen MR) is 107 cm³/mol. The summed E-state index contributed by atoms with van der Waals surface area (Å²) in [6, 6.07) is 3.50. The van der Waals surface area contributed by atoms with Gasteiger partial charge in [-0.1, -0.05) is 0 Å². The van der Waals surface area contributed by atoms with E-state index in [1.165, 1.54) is 0 Å². The molecule has 1 aromatic carbocycles. The molecule has 1 aliphatic heterocycles. The van der Waals surface area contributed by atoms with Gasteiger partial charge in [-0.15, -0.1) is 0 Å². The van der Waals surface area contributed by atoms with Gasteiger partial charge in [-0.05, 0) is 25.0 Å². The molecule has 1 fully saturated rings. The number of aromatic amines is 1. The fourth-order valence-electron chi connectivity index (χ4n) is 3.64. The summed E-state index contributed by atoms with van der Waals surface area (Å²) in [6.45, 7) is 0.952. The minimum absolute atomic E-state index is 0.170. The summed E-state index contributed by atoms with van der Waals surface area (Å²) in [5, 5.41) is 7.02. The molecule has 10 nitrogen and oxygen atoms in total. The highest BCUT2D eigenvalue weighted by atomic mass is 16.5. The Hall–Kier alpha value is -3.56. The highest BCUT2D eigenvalue weighted by molar-refractivity contribution is 5.98. The van der Waals surface area contributed by atoms with E-state index in [0.717, 1.165) is 11.1 Å². The Morgan fingerprint density at radius 1 is 1.31 bits per heavy atom. The number of anilines is 1. The lowest BCUT2D eigenvalue weighted by Gasteiger charge is -2.30. The first kappa shape index (κ1) is 18.8. The van der Waals surface area contributed by atoms with Crippen molar-refractivity contribution in [1.82, 2.24) is 24.6 Å². The zero-order chi connectivity index (χ0) is 20.5. The molecule has 1 saturated heterocycles. The molecule has 3 amide bonds. The van der Waals surface area contributed by atoms with Crippen molar-refractivity contribution in [2.24, 2.45) is 18.7 Å². The first-order valence-corrected chi connectivity index (χ1v) is 9.37. The number of urea groups is 1. The van der Waals surface area contributed by atoms with Crippen molar-refractivity contribution in [3.05, 3.63) is 24.5 Å². The lowest BCUT2D eigenvalue weighted by Crippen LogP contribution is -2.43. The molecule has 29 heavy (non-hydrogen) atoms. The average Bonchev–Trinajstić information content (AvgIpc) is 3.33. The molecule has 0 spiro atoms. The van der Waals surface area contributed by atoms with Crippen molar-refractivity contribution in [2.75, 3.05) is 25.5 Å². The molecular weight excluding hydrogens is 374 g/mol. The van der Waals surface area contributed by atoms with E-state index in [1.807, 2.05) is 25.4 Å². The number of aryl methyl sites for hydroxylation is 1. The number of benzene rings is 1. The lowest BCUT2D eigenvalue weighted by molar-refractivity contribution is -0.122. The van der Waals surface area contributed by atoms with Crippen molar-refractivity contribution in [3.63, 3.8) is 0 Å². The van der Waals surface area contributed by atoms with Crippen molar-refractivity contribution in [1.29, 1.82) is 0 Å². The van der Waals surface area contributed by atoms with Crippen molar-refractivity contribution in [3.8, 4) is 16.9 Å². The van der Waals surface area contributed by atoms with Crippen molar-refractivity contribution < 1.29 is 14.3 Å². The highest BCUT2D eigenvalue weighted by Crippen LogP contribution is 2.33. The van der Waals surface area contributed by atoms with Crippen LogP contribution in [0.2, 0.25) is 0 Å². The van der Waals surface area contributed by atoms with Crippen LogP contribution in [0.1, 0.15) is 12.8 Å². The molecule has 0 atom stereocenters. The van der Waals surface area contributed by atoms with Crippen LogP contribution in [-0.2, 0) is 11.8 Å². The Labute approximate surface area is 167 Å². The summed E-state index contributed by atoms with van der Waals surface area (Å²) in [4.78, 5) is 33.3. The second-order valence-corrected chi connectivity index (χ2v) is 7.12. The van der Waals surface area contributed by atoms with Gasteiger partial charge in [0.15, 0.2) is 0 Å². The number of methoxy groups -OCH3 is 1. The molecular formula is C19H23N7O3. The number of H-pyrrole nitrogens is 1. The highest BCUT2D eigenvalue weighted by Gasteiger charge is 2.26. The number of likely N-dealkylation sites (tertiary alicyclic amines) is 1. The number of imidazole rings is 1. The van der Waals surface area contributed by atoms with E-state index in [1.54, 1.807) is 22.9 Å². The van der Waals surface area contributed by atoms with Gasteiger partial charge in [-0.2, -0.15) is 5.10 Å². The molecule has 152 valence electrons. The molecule has 3 heterocycles. The standard InChI is InChI=1S/C19H23N7O3/c1-25-10-12(9-21-25)13-3-4-14(29-2)16-15(13)22-18(23-16)24-19(28)26-7-5-11(6-8-26)17(20)27/h3-4,9-11H,5-8H2,1-2H3,(H2,20,27)(H2,22,23,24,28). The second-order valence-electron chi connectivity index (χ2n) is 7.12. The van der Waals surface area contributed by atoms with E-state index in [4.69, 9.17) is 10.5 Å². The molecule has 0 aliphatic carbocycles. The number of fused-ring (bicyclic) bond motifs is 1. The smallest absolute Gasteiger partial charge is 0.324 e. The lowest BCUT2D eigenvalue weighted by atomic mass is 9.96. The van der Waals surface area contributed by atoms with Gasteiger partial charge in [-0.3, -0.25) is 14.8 Å². The number of nitrogens with zero attached hydrogens (tertiary/aromatic N) is 4. The Kier molecular flexibility index (Phi) is 4.83. The Bertz CT molecular complexity index is 1060. The van der Waals surface area contributed by atoms with Gasteiger partial charge in [0, 0.05) is 43.4 Å². The van der Waals surface area contributed by atoms with Gasteiger partial charge < -0.3 is 20.4 Å². The van der Waals surface area contributed by atoms with Crippen LogP contribution < -0.4 is 15.8 Å². The fourth-order valence-corrected chi connectivity index (χ4v) is 3.64. The number of nitrogens with two attached hydrogens (primary N) is 1. The summed E-state index contributed by atoms with van der Waals surface area (Å²) in [6.07, 6.45) is 4.80. The van der Waals surface area contributed by atoms with Crippen LogP contribution in [0.15, 0.2) is 24.5 Å². The SMILES string of the molecule is COc1ccc(-c2cnn(C)c2)c2nc(NC(=O)N3CCC(C(N)=O)CC3)[nH]c12. The molecule has 10 heteroatoms. The summed E-state index contributed by atoms with van der Waals surface area (Å²) in [5.74, 6) is 0.480. The minimum Gasteiger partial charge on any atom is -0.494 e. The average molecular weight is 397 g/mol. The number of piperidine rings is 1. The molecule has 0 saturated carbocycles. The molecule has 4 N–H and O–H groups in total. The number of carbonyl (C=O) groups excluding carboxylic acids is 2. The zero-order valence-corrected chi connectivity index (χ0v) is 16.3. The molecule has 0 radical (unpaired) electrons. The van der Waals surface area contributed by atoms with Crippen molar-refractivity contribution in [2.45, 2.75) is 12.8 Å². The van der Waals surface area contributed by atoms with E-state index in [0.29, 0.717) is 48.7 Å². The third-order valence-corrected chi connectivity index (χ3v) is 5.25. The molecule has 0 bridgehead atoms. The Morgan fingerprint density at radius 3 is 2.69 bits per heavy atom. The van der Waals surface area contributed by atoms with Crippen LogP contribution in [0.25, 0.3) is 22.2 Å². The third kappa shape index (κ3) is 3.60. The van der Waals surface area contributed by atoms with E-state index in [-0.39, 0.29) is 17.9 Å². The number of amides is 3. The van der Waals surface area contributed by atoms with Crippen LogP contribution in [0, 0.1) is 5.92 Å². The first-order valence-electron chi connectivity index (χ1n) is 9.37. The Balaban J connectivity index is 1.58. The molecule has 2 aromatic heterocycles. The molecule has 3 aromatic rings. The van der Waals surface area contributed by atoms with Gasteiger partial charge in [0.25, 0.3) is 0 Å². The van der Waals surface area contributed by atoms with Crippen molar-refractivity contribution >= 4 is 28.9 Å². The van der Waals surface area contributed by atoms with Gasteiger partial charge in [0.2, 0.25) is 11.9 Å². The first-order chi connectivity index (χ1) is 14.0. The quantitative estimate of drug-likeness (QED) is 0.617. The van der Waals surface area contributed by atoms with E-state index in [2.05, 4.69) is 20.4 Å². The van der Waals surface area contributed by atoms with Crippen LogP contribution in [0.4, 0.5) is 10.7 Å². The summed E-state index contributed by atoms with van der Waals surface area (Å²) in [7, 11) is 3.43. The van der Waals surface area contributed by atoms with Gasteiger partial charge in [0.1, 0.15) is 16.8 Å². The van der Waals surface area contributed by atoms with Gasteiger partial charge in [0.05, 0.1) is 13.3 Å². The van der Waals surface area contributed by atoms with Crippen LogP contribution in [0.3, 0.4) is 0 Å². The summed E-state index contributed by atoms with van der Waals surface area (Å²) in [5.41, 5.74) is 8.52. The second kappa shape index (κ2) is 7.46. The number of nitrogens with one attached hydrogen (secondary N) is 2. The monoisotopic (exact) mass is 397 g/mol. The number of aromatic nitrogens is 4. The number of ether oxygens (including phenoxy) is 1.